The zero-order chi connectivity index (χ0) is 16.5. The number of fused-ring (bicyclic) bond motifs is 2. The molecule has 0 atom stereocenters. The Morgan fingerprint density at radius 2 is 1.21 bits per heavy atom. The predicted molar refractivity (Wildman–Crippen MR) is 105 cm³/mol. The highest BCUT2D eigenvalue weighted by Gasteiger charge is 2.09. The quantitative estimate of drug-likeness (QED) is 0.467. The van der Waals surface area contributed by atoms with Crippen LogP contribution in [-0.2, 0) is 12.8 Å². The van der Waals surface area contributed by atoms with Crippen molar-refractivity contribution in [3.63, 3.8) is 0 Å². The van der Waals surface area contributed by atoms with Gasteiger partial charge in [-0.3, -0.25) is 10.9 Å². The van der Waals surface area contributed by atoms with Crippen molar-refractivity contribution >= 4 is 53.4 Å². The number of hydrogen-bond donors (Lipinski definition) is 2. The molecule has 0 spiro atoms. The molecule has 4 rings (SSSR count). The van der Waals surface area contributed by atoms with Gasteiger partial charge in [0.25, 0.3) is 0 Å². The van der Waals surface area contributed by atoms with Crippen LogP contribution in [0.4, 0.5) is 10.3 Å². The first-order chi connectivity index (χ1) is 11.8. The van der Waals surface area contributed by atoms with E-state index in [-0.39, 0.29) is 0 Å². The molecule has 0 unspecified atom stereocenters. The molecule has 0 bridgehead atoms. The number of aromatic nitrogens is 2. The van der Waals surface area contributed by atoms with E-state index in [1.807, 2.05) is 0 Å². The second kappa shape index (κ2) is 6.37. The van der Waals surface area contributed by atoms with Crippen molar-refractivity contribution in [2.24, 2.45) is 0 Å². The van der Waals surface area contributed by atoms with Crippen LogP contribution in [0.3, 0.4) is 0 Å². The summed E-state index contributed by atoms with van der Waals surface area (Å²) in [7, 11) is 0. The second-order valence-electron chi connectivity index (χ2n) is 5.52. The number of para-hydroxylation sites is 2. The topological polar surface area (TPSA) is 49.8 Å². The summed E-state index contributed by atoms with van der Waals surface area (Å²) in [6.07, 6.45) is 1.98. The van der Waals surface area contributed by atoms with E-state index in [2.05, 4.69) is 61.1 Å². The molecule has 0 saturated heterocycles. The third-order valence-electron chi connectivity index (χ3n) is 4.04. The average molecular weight is 355 g/mol. The van der Waals surface area contributed by atoms with Gasteiger partial charge in [0.05, 0.1) is 20.4 Å². The molecule has 6 heteroatoms. The van der Waals surface area contributed by atoms with E-state index >= 15 is 0 Å². The van der Waals surface area contributed by atoms with Crippen molar-refractivity contribution in [3.05, 3.63) is 47.5 Å². The Morgan fingerprint density at radius 1 is 0.750 bits per heavy atom. The van der Waals surface area contributed by atoms with Crippen LogP contribution in [0.1, 0.15) is 25.0 Å². The van der Waals surface area contributed by atoms with Crippen molar-refractivity contribution in [2.75, 3.05) is 10.9 Å². The lowest BCUT2D eigenvalue weighted by atomic mass is 10.1. The lowest BCUT2D eigenvalue weighted by molar-refractivity contribution is 1.15. The van der Waals surface area contributed by atoms with E-state index in [1.165, 1.54) is 20.5 Å². The minimum Gasteiger partial charge on any atom is -0.274 e. The Morgan fingerprint density at radius 3 is 1.62 bits per heavy atom. The maximum atomic E-state index is 4.71. The number of hydrazine groups is 1. The first kappa shape index (κ1) is 15.4. The van der Waals surface area contributed by atoms with Crippen LogP contribution in [-0.4, -0.2) is 9.97 Å². The molecule has 0 aliphatic heterocycles. The zero-order valence-electron chi connectivity index (χ0n) is 13.6. The maximum absolute atomic E-state index is 4.71. The molecule has 24 heavy (non-hydrogen) atoms. The van der Waals surface area contributed by atoms with Gasteiger partial charge in [0.1, 0.15) is 0 Å². The first-order valence-corrected chi connectivity index (χ1v) is 9.70. The molecule has 0 aliphatic rings. The number of nitrogens with zero attached hydrogens (tertiary/aromatic N) is 2. The second-order valence-corrected chi connectivity index (χ2v) is 7.58. The molecule has 0 aliphatic carbocycles. The van der Waals surface area contributed by atoms with E-state index in [1.54, 1.807) is 22.7 Å². The summed E-state index contributed by atoms with van der Waals surface area (Å²) < 4.78 is 2.41. The fourth-order valence-corrected chi connectivity index (χ4v) is 4.53. The van der Waals surface area contributed by atoms with Crippen molar-refractivity contribution in [3.8, 4) is 0 Å². The van der Waals surface area contributed by atoms with Crippen LogP contribution in [0.2, 0.25) is 0 Å². The SMILES string of the molecule is CCc1cccc2sc(NNc3nc4c(CC)cccc4s3)nc12. The first-order valence-electron chi connectivity index (χ1n) is 8.07. The van der Waals surface area contributed by atoms with Crippen LogP contribution in [0.15, 0.2) is 36.4 Å². The number of thiazole rings is 2. The molecule has 2 N–H and O–H groups in total. The molecule has 4 aromatic rings. The normalized spacial score (nSPS) is 11.2. The summed E-state index contributed by atoms with van der Waals surface area (Å²) in [5.74, 6) is 0. The molecule has 4 nitrogen and oxygen atoms in total. The van der Waals surface area contributed by atoms with Gasteiger partial charge >= 0.3 is 0 Å². The minimum atomic E-state index is 0.862. The molecule has 0 radical (unpaired) electrons. The number of benzene rings is 2. The molecule has 0 saturated carbocycles. The highest BCUT2D eigenvalue weighted by Crippen LogP contribution is 2.31. The Bertz CT molecular complexity index is 921. The molecule has 0 fully saturated rings. The van der Waals surface area contributed by atoms with Crippen LogP contribution in [0, 0.1) is 0 Å². The molecular formula is C18H18N4S2. The van der Waals surface area contributed by atoms with E-state index in [0.29, 0.717) is 0 Å². The molecule has 2 aromatic carbocycles. The van der Waals surface area contributed by atoms with Crippen molar-refractivity contribution < 1.29 is 0 Å². The molecule has 0 amide bonds. The summed E-state index contributed by atoms with van der Waals surface area (Å²) in [5, 5.41) is 1.72. The van der Waals surface area contributed by atoms with Crippen molar-refractivity contribution in [1.82, 2.24) is 9.97 Å². The lowest BCUT2D eigenvalue weighted by Gasteiger charge is -2.01. The van der Waals surface area contributed by atoms with Gasteiger partial charge < -0.3 is 0 Å². The standard InChI is InChI=1S/C18H18N4S2/c1-3-11-7-5-9-13-15(11)19-17(23-13)21-22-18-20-16-12(4-2)8-6-10-14(16)24-18/h5-10H,3-4H2,1-2H3,(H,19,21)(H,20,22). The lowest BCUT2D eigenvalue weighted by Crippen LogP contribution is -2.07. The van der Waals surface area contributed by atoms with Gasteiger partial charge in [-0.05, 0) is 36.1 Å². The van der Waals surface area contributed by atoms with Crippen LogP contribution in [0.5, 0.6) is 0 Å². The smallest absolute Gasteiger partial charge is 0.202 e. The van der Waals surface area contributed by atoms with Crippen LogP contribution >= 0.6 is 22.7 Å². The van der Waals surface area contributed by atoms with Crippen LogP contribution in [0.25, 0.3) is 20.4 Å². The van der Waals surface area contributed by atoms with Gasteiger partial charge in [0.15, 0.2) is 0 Å². The minimum absolute atomic E-state index is 0.862. The van der Waals surface area contributed by atoms with Crippen LogP contribution < -0.4 is 10.9 Å². The number of hydrogen-bond acceptors (Lipinski definition) is 6. The van der Waals surface area contributed by atoms with Gasteiger partial charge in [0.2, 0.25) is 10.3 Å². The Labute approximate surface area is 148 Å². The summed E-state index contributed by atoms with van der Waals surface area (Å²) >= 11 is 3.31. The Kier molecular flexibility index (Phi) is 4.08. The zero-order valence-corrected chi connectivity index (χ0v) is 15.2. The van der Waals surface area contributed by atoms with Gasteiger partial charge in [-0.15, -0.1) is 0 Å². The highest BCUT2D eigenvalue weighted by molar-refractivity contribution is 7.23. The number of anilines is 2. The Balaban J connectivity index is 1.59. The van der Waals surface area contributed by atoms with Crippen molar-refractivity contribution in [2.45, 2.75) is 26.7 Å². The summed E-state index contributed by atoms with van der Waals surface area (Å²) in [5.41, 5.74) is 11.2. The van der Waals surface area contributed by atoms with Gasteiger partial charge in [0, 0.05) is 0 Å². The summed E-state index contributed by atoms with van der Waals surface area (Å²) in [6, 6.07) is 12.7. The van der Waals surface area contributed by atoms with Gasteiger partial charge in [-0.2, -0.15) is 0 Å². The monoisotopic (exact) mass is 354 g/mol. The third-order valence-corrected chi connectivity index (χ3v) is 5.92. The van der Waals surface area contributed by atoms with Gasteiger partial charge in [-0.25, -0.2) is 9.97 Å². The average Bonchev–Trinajstić information content (AvgIpc) is 3.22. The van der Waals surface area contributed by atoms with E-state index in [4.69, 9.17) is 9.97 Å². The van der Waals surface area contributed by atoms with E-state index in [0.717, 1.165) is 34.1 Å². The molecule has 122 valence electrons. The summed E-state index contributed by atoms with van der Waals surface area (Å²) in [4.78, 5) is 9.42. The largest absolute Gasteiger partial charge is 0.274 e. The van der Waals surface area contributed by atoms with E-state index < -0.39 is 0 Å². The number of nitrogens with one attached hydrogen (secondary N) is 2. The summed E-state index contributed by atoms with van der Waals surface area (Å²) in [6.45, 7) is 4.32. The van der Waals surface area contributed by atoms with E-state index in [9.17, 15) is 0 Å². The highest BCUT2D eigenvalue weighted by atomic mass is 32.1. The molecule has 2 heterocycles. The van der Waals surface area contributed by atoms with Crippen molar-refractivity contribution in [1.29, 1.82) is 0 Å². The third kappa shape index (κ3) is 2.72. The predicted octanol–water partition coefficient (Wildman–Crippen LogP) is 5.47. The molecular weight excluding hydrogens is 336 g/mol. The Hall–Kier alpha value is -2.18. The number of rotatable bonds is 5. The maximum Gasteiger partial charge on any atom is 0.202 e. The fourth-order valence-electron chi connectivity index (χ4n) is 2.80. The number of aryl methyl sites for hydroxylation is 2. The fraction of sp³-hybridized carbons (Fsp3) is 0.222. The van der Waals surface area contributed by atoms with Gasteiger partial charge in [-0.1, -0.05) is 60.8 Å². The molecule has 2 aromatic heterocycles.